The van der Waals surface area contributed by atoms with E-state index in [1.54, 1.807) is 0 Å². The molecule has 2 atom stereocenters. The van der Waals surface area contributed by atoms with Crippen LogP contribution in [0.2, 0.25) is 0 Å². The molecule has 1 aromatic rings. The minimum Gasteiger partial charge on any atom is -0.369 e. The molecule has 2 rings (SSSR count). The van der Waals surface area contributed by atoms with Crippen LogP contribution >= 0.6 is 15.9 Å². The second-order valence-electron chi connectivity index (χ2n) is 5.47. The van der Waals surface area contributed by atoms with Gasteiger partial charge in [-0.2, -0.15) is 0 Å². The fraction of sp³-hybridized carbons (Fsp3) is 0.500. The van der Waals surface area contributed by atoms with Crippen LogP contribution in [0.5, 0.6) is 0 Å². The van der Waals surface area contributed by atoms with E-state index in [4.69, 9.17) is 5.73 Å². The van der Waals surface area contributed by atoms with Gasteiger partial charge in [-0.05, 0) is 43.5 Å². The summed E-state index contributed by atoms with van der Waals surface area (Å²) < 4.78 is 12.9. The van der Waals surface area contributed by atoms with Gasteiger partial charge in [0, 0.05) is 19.0 Å². The van der Waals surface area contributed by atoms with Crippen LogP contribution in [0, 0.1) is 12.2 Å². The van der Waals surface area contributed by atoms with E-state index in [2.05, 4.69) is 20.8 Å². The van der Waals surface area contributed by atoms with Gasteiger partial charge in [-0.1, -0.05) is 34.5 Å². The molecule has 0 spiro atoms. The van der Waals surface area contributed by atoms with E-state index < -0.39 is 0 Å². The molecule has 3 nitrogen and oxygen atoms in total. The van der Waals surface area contributed by atoms with Gasteiger partial charge < -0.3 is 5.73 Å². The number of primary amides is 1. The number of hydrogen-bond acceptors (Lipinski definition) is 2. The van der Waals surface area contributed by atoms with Gasteiger partial charge in [0.05, 0.1) is 4.83 Å². The van der Waals surface area contributed by atoms with Crippen LogP contribution in [0.4, 0.5) is 4.39 Å². The summed E-state index contributed by atoms with van der Waals surface area (Å²) in [6, 6.07) is 6.92. The molecule has 115 valence electrons. The molecule has 1 amide bonds. The molecule has 1 saturated heterocycles. The molecule has 0 aromatic heterocycles. The normalized spacial score (nSPS) is 21.1. The lowest BCUT2D eigenvalue weighted by Crippen LogP contribution is -2.44. The highest BCUT2D eigenvalue weighted by atomic mass is 79.9. The molecule has 2 unspecified atom stereocenters. The van der Waals surface area contributed by atoms with Crippen LogP contribution in [-0.4, -0.2) is 34.8 Å². The van der Waals surface area contributed by atoms with Crippen molar-refractivity contribution in [2.45, 2.75) is 36.6 Å². The van der Waals surface area contributed by atoms with Crippen molar-refractivity contribution in [3.63, 3.8) is 0 Å². The summed E-state index contributed by atoms with van der Waals surface area (Å²) >= 11 is 3.31. The van der Waals surface area contributed by atoms with Gasteiger partial charge in [-0.3, -0.25) is 9.69 Å². The first-order valence-electron chi connectivity index (χ1n) is 7.33. The topological polar surface area (TPSA) is 46.3 Å². The molecular formula is C16H21BrFN2O. The van der Waals surface area contributed by atoms with Gasteiger partial charge in [0.1, 0.15) is 5.82 Å². The second kappa shape index (κ2) is 7.90. The fourth-order valence-electron chi connectivity index (χ4n) is 2.73. The van der Waals surface area contributed by atoms with Gasteiger partial charge in [0.2, 0.25) is 5.91 Å². The average molecular weight is 356 g/mol. The third-order valence-corrected chi connectivity index (χ3v) is 4.68. The highest BCUT2D eigenvalue weighted by Gasteiger charge is 2.26. The molecule has 0 bridgehead atoms. The summed E-state index contributed by atoms with van der Waals surface area (Å²) in [7, 11) is 0. The zero-order chi connectivity index (χ0) is 15.2. The number of halogens is 2. The number of hydrogen-bond donors (Lipinski definition) is 1. The Morgan fingerprint density at radius 1 is 1.43 bits per heavy atom. The van der Waals surface area contributed by atoms with Gasteiger partial charge in [-0.25, -0.2) is 4.39 Å². The summed E-state index contributed by atoms with van der Waals surface area (Å²) in [5.41, 5.74) is 6.44. The van der Waals surface area contributed by atoms with Crippen molar-refractivity contribution in [2.75, 3.05) is 13.1 Å². The summed E-state index contributed by atoms with van der Waals surface area (Å²) in [6.07, 6.45) is 6.28. The van der Waals surface area contributed by atoms with Crippen molar-refractivity contribution in [1.82, 2.24) is 4.90 Å². The Labute approximate surface area is 133 Å². The minimum atomic E-state index is -0.381. The smallest absolute Gasteiger partial charge is 0.231 e. The Balaban J connectivity index is 1.89. The Morgan fingerprint density at radius 3 is 2.81 bits per heavy atom. The zero-order valence-corrected chi connectivity index (χ0v) is 13.6. The van der Waals surface area contributed by atoms with Crippen LogP contribution in [0.25, 0.3) is 0 Å². The molecule has 1 aliphatic rings. The second-order valence-corrected chi connectivity index (χ2v) is 6.46. The molecule has 1 fully saturated rings. The predicted octanol–water partition coefficient (Wildman–Crippen LogP) is 2.68. The van der Waals surface area contributed by atoms with E-state index in [1.807, 2.05) is 18.6 Å². The largest absolute Gasteiger partial charge is 0.369 e. The van der Waals surface area contributed by atoms with Gasteiger partial charge in [-0.15, -0.1) is 0 Å². The van der Waals surface area contributed by atoms with Crippen molar-refractivity contribution in [3.05, 3.63) is 42.1 Å². The average Bonchev–Trinajstić information content (AvgIpc) is 2.48. The molecule has 21 heavy (non-hydrogen) atoms. The van der Waals surface area contributed by atoms with E-state index in [0.29, 0.717) is 0 Å². The van der Waals surface area contributed by atoms with Crippen LogP contribution in [-0.2, 0) is 11.2 Å². The standard InChI is InChI=1S/C16H21BrFN2O/c17-15(16(19)21)11-14-3-1-2-9-20(14)10-8-12-4-6-13(18)7-5-12/h4-7,11,14-15H,1-3,8-10H2,(H2,19,21). The Kier molecular flexibility index (Phi) is 6.18. The molecule has 1 heterocycles. The highest BCUT2D eigenvalue weighted by molar-refractivity contribution is 9.10. The number of amides is 1. The molecular weight excluding hydrogens is 335 g/mol. The van der Waals surface area contributed by atoms with E-state index in [9.17, 15) is 9.18 Å². The lowest BCUT2D eigenvalue weighted by atomic mass is 9.97. The van der Waals surface area contributed by atoms with E-state index >= 15 is 0 Å². The summed E-state index contributed by atoms with van der Waals surface area (Å²) in [5.74, 6) is -0.550. The Morgan fingerprint density at radius 2 is 2.14 bits per heavy atom. The van der Waals surface area contributed by atoms with Gasteiger partial charge in [0.15, 0.2) is 0 Å². The van der Waals surface area contributed by atoms with Crippen LogP contribution < -0.4 is 5.73 Å². The molecule has 1 radical (unpaired) electrons. The number of alkyl halides is 1. The molecule has 1 aliphatic heterocycles. The van der Waals surface area contributed by atoms with Crippen LogP contribution in [0.1, 0.15) is 24.8 Å². The van der Waals surface area contributed by atoms with E-state index in [1.165, 1.54) is 25.0 Å². The van der Waals surface area contributed by atoms with Crippen molar-refractivity contribution in [2.24, 2.45) is 5.73 Å². The number of rotatable bonds is 6. The fourth-order valence-corrected chi connectivity index (χ4v) is 3.08. The number of benzene rings is 1. The quantitative estimate of drug-likeness (QED) is 0.797. The summed E-state index contributed by atoms with van der Waals surface area (Å²) in [4.78, 5) is 13.2. The zero-order valence-electron chi connectivity index (χ0n) is 12.0. The first-order valence-corrected chi connectivity index (χ1v) is 8.24. The lowest BCUT2D eigenvalue weighted by Gasteiger charge is -2.36. The molecule has 5 heteroatoms. The van der Waals surface area contributed by atoms with Crippen LogP contribution in [0.3, 0.4) is 0 Å². The number of piperidine rings is 1. The molecule has 1 aromatic carbocycles. The SMILES string of the molecule is NC(=O)C(Br)[CH]C1CCCCN1CCc1ccc(F)cc1. The maximum atomic E-state index is 12.9. The van der Waals surface area contributed by atoms with Crippen molar-refractivity contribution in [1.29, 1.82) is 0 Å². The summed E-state index contributed by atoms with van der Waals surface area (Å²) in [6.45, 7) is 1.94. The number of nitrogens with zero attached hydrogens (tertiary/aromatic N) is 1. The third kappa shape index (κ3) is 5.08. The maximum absolute atomic E-state index is 12.9. The molecule has 0 saturated carbocycles. The number of likely N-dealkylation sites (tertiary alicyclic amines) is 1. The predicted molar refractivity (Wildman–Crippen MR) is 85.5 cm³/mol. The Bertz CT molecular complexity index is 466. The number of carbonyl (C=O) groups is 1. The third-order valence-electron chi connectivity index (χ3n) is 3.93. The minimum absolute atomic E-state index is 0.202. The monoisotopic (exact) mass is 355 g/mol. The van der Waals surface area contributed by atoms with Gasteiger partial charge in [0.25, 0.3) is 0 Å². The van der Waals surface area contributed by atoms with E-state index in [0.717, 1.165) is 31.5 Å². The lowest BCUT2D eigenvalue weighted by molar-refractivity contribution is -0.117. The van der Waals surface area contributed by atoms with Crippen molar-refractivity contribution >= 4 is 21.8 Å². The van der Waals surface area contributed by atoms with Crippen molar-refractivity contribution < 1.29 is 9.18 Å². The molecule has 0 aliphatic carbocycles. The van der Waals surface area contributed by atoms with Crippen molar-refractivity contribution in [3.8, 4) is 0 Å². The van der Waals surface area contributed by atoms with Crippen LogP contribution in [0.15, 0.2) is 24.3 Å². The maximum Gasteiger partial charge on any atom is 0.231 e. The first-order chi connectivity index (χ1) is 10.1. The van der Waals surface area contributed by atoms with Gasteiger partial charge >= 0.3 is 0 Å². The first kappa shape index (κ1) is 16.4. The van der Waals surface area contributed by atoms with E-state index in [-0.39, 0.29) is 22.6 Å². The Hall–Kier alpha value is -0.940. The summed E-state index contributed by atoms with van der Waals surface area (Å²) in [5, 5.41) is 0. The number of carbonyl (C=O) groups excluding carboxylic acids is 1. The number of nitrogens with two attached hydrogens (primary N) is 1. The highest BCUT2D eigenvalue weighted by Crippen LogP contribution is 2.22. The molecule has 2 N–H and O–H groups in total.